The van der Waals surface area contributed by atoms with E-state index >= 15 is 0 Å². The van der Waals surface area contributed by atoms with Gasteiger partial charge >= 0.3 is 24.4 Å². The van der Waals surface area contributed by atoms with Crippen molar-refractivity contribution in [2.24, 2.45) is 5.73 Å². The van der Waals surface area contributed by atoms with Crippen LogP contribution in [-0.4, -0.2) is 60.0 Å². The van der Waals surface area contributed by atoms with Crippen molar-refractivity contribution in [2.45, 2.75) is 110 Å². The Balaban J connectivity index is 2.27. The summed E-state index contributed by atoms with van der Waals surface area (Å²) in [7, 11) is 0. The molecule has 3 atom stereocenters. The molecule has 1 saturated carbocycles. The molecule has 0 aliphatic heterocycles. The standard InChI is InChI=1S/C27H39NO11/c1-15(2)34-25(31)38-21-12-11-18(14-22(21)39-26(32)35-16(3)4)20(23(28)24(29)30)13-17(5)36-27(33)37-19-9-7-6-8-10-19/h11-12,14-17,19-20,23H,6-10,13,28H2,1-5H3,(H,29,30)/t17?,20?,23-/m0/s1. The Kier molecular flexibility index (Phi) is 12.3. The Labute approximate surface area is 228 Å². The third kappa shape index (κ3) is 11.0. The first-order valence-corrected chi connectivity index (χ1v) is 13.1. The number of hydrogen-bond acceptors (Lipinski definition) is 11. The molecule has 1 aromatic rings. The molecule has 1 aliphatic rings. The van der Waals surface area contributed by atoms with E-state index in [4.69, 9.17) is 34.2 Å². The third-order valence-corrected chi connectivity index (χ3v) is 5.86. The van der Waals surface area contributed by atoms with Gasteiger partial charge in [0.05, 0.1) is 12.2 Å². The molecular formula is C27H39NO11. The normalized spacial score (nSPS) is 16.1. The number of ether oxygens (including phenoxy) is 6. The predicted molar refractivity (Wildman–Crippen MR) is 138 cm³/mol. The van der Waals surface area contributed by atoms with E-state index in [0.29, 0.717) is 5.56 Å². The van der Waals surface area contributed by atoms with Gasteiger partial charge in [0.25, 0.3) is 0 Å². The van der Waals surface area contributed by atoms with Crippen LogP contribution in [0.5, 0.6) is 11.5 Å². The van der Waals surface area contributed by atoms with Crippen LogP contribution in [0.3, 0.4) is 0 Å². The van der Waals surface area contributed by atoms with Crippen LogP contribution in [0.25, 0.3) is 0 Å². The van der Waals surface area contributed by atoms with Gasteiger partial charge in [0.15, 0.2) is 11.5 Å². The average Bonchev–Trinajstić information content (AvgIpc) is 2.82. The summed E-state index contributed by atoms with van der Waals surface area (Å²) in [6.07, 6.45) is -0.213. The molecule has 12 heteroatoms. The molecule has 39 heavy (non-hydrogen) atoms. The van der Waals surface area contributed by atoms with Crippen LogP contribution in [-0.2, 0) is 23.7 Å². The molecule has 0 heterocycles. The molecule has 3 N–H and O–H groups in total. The van der Waals surface area contributed by atoms with Crippen LogP contribution >= 0.6 is 0 Å². The van der Waals surface area contributed by atoms with Crippen LogP contribution in [0.15, 0.2) is 18.2 Å². The molecule has 1 aliphatic carbocycles. The second kappa shape index (κ2) is 15.2. The van der Waals surface area contributed by atoms with Crippen molar-refractivity contribution in [3.05, 3.63) is 23.8 Å². The zero-order valence-electron chi connectivity index (χ0n) is 23.0. The number of nitrogens with two attached hydrogens (primary N) is 1. The number of carbonyl (C=O) groups excluding carboxylic acids is 3. The molecule has 0 radical (unpaired) electrons. The highest BCUT2D eigenvalue weighted by Gasteiger charge is 2.31. The monoisotopic (exact) mass is 553 g/mol. The SMILES string of the molecule is CC(C)OC(=O)Oc1ccc(C(CC(C)OC(=O)OC2CCCCC2)[C@H](N)C(=O)O)cc1OC(=O)OC(C)C. The lowest BCUT2D eigenvalue weighted by Crippen LogP contribution is -2.38. The third-order valence-electron chi connectivity index (χ3n) is 5.86. The van der Waals surface area contributed by atoms with Gasteiger partial charge in [0.1, 0.15) is 18.2 Å². The van der Waals surface area contributed by atoms with Gasteiger partial charge in [-0.1, -0.05) is 12.5 Å². The second-order valence-electron chi connectivity index (χ2n) is 10.0. The summed E-state index contributed by atoms with van der Waals surface area (Å²) in [6, 6.07) is 2.71. The first kappa shape index (κ1) is 31.7. The summed E-state index contributed by atoms with van der Waals surface area (Å²) in [4.78, 5) is 48.4. The molecule has 12 nitrogen and oxygen atoms in total. The van der Waals surface area contributed by atoms with Crippen LogP contribution in [0.2, 0.25) is 0 Å². The Morgan fingerprint density at radius 1 is 0.846 bits per heavy atom. The van der Waals surface area contributed by atoms with Crippen LogP contribution < -0.4 is 15.2 Å². The largest absolute Gasteiger partial charge is 0.514 e. The van der Waals surface area contributed by atoms with E-state index in [-0.39, 0.29) is 24.0 Å². The van der Waals surface area contributed by atoms with E-state index < -0.39 is 54.7 Å². The number of benzene rings is 1. The Morgan fingerprint density at radius 3 is 1.95 bits per heavy atom. The van der Waals surface area contributed by atoms with Gasteiger partial charge in [-0.15, -0.1) is 0 Å². The molecule has 2 unspecified atom stereocenters. The fourth-order valence-corrected chi connectivity index (χ4v) is 4.11. The molecule has 0 bridgehead atoms. The molecular weight excluding hydrogens is 514 g/mol. The quantitative estimate of drug-likeness (QED) is 0.206. The highest BCUT2D eigenvalue weighted by Crippen LogP contribution is 2.35. The van der Waals surface area contributed by atoms with Crippen molar-refractivity contribution in [1.82, 2.24) is 0 Å². The maximum Gasteiger partial charge on any atom is 0.514 e. The summed E-state index contributed by atoms with van der Waals surface area (Å²) in [5.74, 6) is -2.56. The van der Waals surface area contributed by atoms with Crippen molar-refractivity contribution < 1.29 is 52.7 Å². The van der Waals surface area contributed by atoms with E-state index in [1.54, 1.807) is 34.6 Å². The molecule has 218 valence electrons. The van der Waals surface area contributed by atoms with Crippen LogP contribution in [0.1, 0.15) is 84.6 Å². The topological polar surface area (TPSA) is 170 Å². The minimum atomic E-state index is -1.40. The summed E-state index contributed by atoms with van der Waals surface area (Å²) in [5, 5.41) is 9.65. The smallest absolute Gasteiger partial charge is 0.480 e. The first-order valence-electron chi connectivity index (χ1n) is 13.1. The summed E-state index contributed by atoms with van der Waals surface area (Å²) < 4.78 is 31.2. The minimum absolute atomic E-state index is 0.0126. The lowest BCUT2D eigenvalue weighted by molar-refractivity contribution is -0.139. The number of aliphatic carboxylic acids is 1. The fourth-order valence-electron chi connectivity index (χ4n) is 4.11. The van der Waals surface area contributed by atoms with Gasteiger partial charge < -0.3 is 39.3 Å². The number of carboxylic acid groups (broad SMARTS) is 1. The van der Waals surface area contributed by atoms with E-state index in [0.717, 1.165) is 32.1 Å². The van der Waals surface area contributed by atoms with E-state index in [1.165, 1.54) is 18.2 Å². The Hall–Kier alpha value is -3.54. The maximum absolute atomic E-state index is 12.3. The van der Waals surface area contributed by atoms with Crippen LogP contribution in [0, 0.1) is 0 Å². The van der Waals surface area contributed by atoms with Crippen molar-refractivity contribution in [3.8, 4) is 11.5 Å². The molecule has 1 fully saturated rings. The number of hydrogen-bond donors (Lipinski definition) is 2. The first-order chi connectivity index (χ1) is 18.3. The van der Waals surface area contributed by atoms with Crippen molar-refractivity contribution in [3.63, 3.8) is 0 Å². The minimum Gasteiger partial charge on any atom is -0.480 e. The second-order valence-corrected chi connectivity index (χ2v) is 10.0. The predicted octanol–water partition coefficient (Wildman–Crippen LogP) is 5.29. The van der Waals surface area contributed by atoms with Gasteiger partial charge in [0.2, 0.25) is 0 Å². The Morgan fingerprint density at radius 2 is 1.41 bits per heavy atom. The average molecular weight is 554 g/mol. The lowest BCUT2D eigenvalue weighted by atomic mass is 9.87. The van der Waals surface area contributed by atoms with E-state index in [9.17, 15) is 24.3 Å². The highest BCUT2D eigenvalue weighted by atomic mass is 16.8. The maximum atomic E-state index is 12.3. The molecule has 2 rings (SSSR count). The Bertz CT molecular complexity index is 988. The molecule has 0 saturated heterocycles. The van der Waals surface area contributed by atoms with Gasteiger partial charge in [-0.3, -0.25) is 4.79 Å². The zero-order chi connectivity index (χ0) is 29.1. The van der Waals surface area contributed by atoms with Crippen molar-refractivity contribution >= 4 is 24.4 Å². The molecule has 1 aromatic carbocycles. The molecule has 0 aromatic heterocycles. The van der Waals surface area contributed by atoms with Gasteiger partial charge in [-0.25, -0.2) is 14.4 Å². The van der Waals surface area contributed by atoms with Crippen molar-refractivity contribution in [1.29, 1.82) is 0 Å². The molecule has 0 spiro atoms. The van der Waals surface area contributed by atoms with E-state index in [1.807, 2.05) is 0 Å². The lowest BCUT2D eigenvalue weighted by Gasteiger charge is -2.26. The summed E-state index contributed by atoms with van der Waals surface area (Å²) in [6.45, 7) is 8.11. The van der Waals surface area contributed by atoms with Gasteiger partial charge in [-0.05, 0) is 84.4 Å². The van der Waals surface area contributed by atoms with Crippen molar-refractivity contribution in [2.75, 3.05) is 0 Å². The summed E-state index contributed by atoms with van der Waals surface area (Å²) in [5.41, 5.74) is 6.33. The number of carbonyl (C=O) groups is 4. The zero-order valence-corrected chi connectivity index (χ0v) is 23.0. The fraction of sp³-hybridized carbons (Fsp3) is 0.630. The number of carboxylic acids is 1. The molecule has 0 amide bonds. The summed E-state index contributed by atoms with van der Waals surface area (Å²) >= 11 is 0. The highest BCUT2D eigenvalue weighted by molar-refractivity contribution is 5.75. The van der Waals surface area contributed by atoms with Gasteiger partial charge in [-0.2, -0.15) is 0 Å². The van der Waals surface area contributed by atoms with Gasteiger partial charge in [0, 0.05) is 5.92 Å². The number of rotatable bonds is 11. The van der Waals surface area contributed by atoms with Crippen LogP contribution in [0.4, 0.5) is 14.4 Å². The van der Waals surface area contributed by atoms with E-state index in [2.05, 4.69) is 0 Å².